The number of hydrogen-bond acceptors (Lipinski definition) is 8. The molecule has 0 aromatic heterocycles. The van der Waals surface area contributed by atoms with Gasteiger partial charge < -0.3 is 38.2 Å². The SMILES string of the molecule is CC(C)=CCC/C(C)=C/CC/C(C)=C/CC(P(=O)([O-])[O-])P(=O)([O-])CP(=O)([O-])[O-].[K+].[K+].[K+].[K+].[K+]. The molecule has 0 fully saturated rings. The molecule has 0 aromatic carbocycles. The molecule has 0 radical (unpaired) electrons. The molecule has 0 rings (SSSR count). The van der Waals surface area contributed by atoms with Crippen molar-refractivity contribution in [3.63, 3.8) is 0 Å². The normalized spacial score (nSPS) is 14.6. The topological polar surface area (TPSA) is 167 Å². The van der Waals surface area contributed by atoms with E-state index in [1.165, 1.54) is 17.2 Å². The summed E-state index contributed by atoms with van der Waals surface area (Å²) in [4.78, 5) is 55.9. The molecule has 164 valence electrons. The van der Waals surface area contributed by atoms with E-state index in [1.807, 2.05) is 26.8 Å². The van der Waals surface area contributed by atoms with Crippen molar-refractivity contribution in [1.29, 1.82) is 0 Å². The average Bonchev–Trinajstić information content (AvgIpc) is 2.42. The van der Waals surface area contributed by atoms with Gasteiger partial charge in [-0.1, -0.05) is 50.1 Å². The van der Waals surface area contributed by atoms with Crippen molar-refractivity contribution in [3.8, 4) is 0 Å². The van der Waals surface area contributed by atoms with Gasteiger partial charge in [-0.25, -0.2) is 0 Å². The van der Waals surface area contributed by atoms with Crippen molar-refractivity contribution in [3.05, 3.63) is 34.9 Å². The van der Waals surface area contributed by atoms with Gasteiger partial charge in [0.1, 0.15) is 0 Å². The first kappa shape index (κ1) is 53.5. The van der Waals surface area contributed by atoms with E-state index >= 15 is 0 Å². The summed E-state index contributed by atoms with van der Waals surface area (Å²) in [5.41, 5.74) is 3.10. The molecule has 2 atom stereocenters. The van der Waals surface area contributed by atoms with Crippen molar-refractivity contribution in [2.24, 2.45) is 0 Å². The Morgan fingerprint density at radius 3 is 1.45 bits per heavy atom. The van der Waals surface area contributed by atoms with Gasteiger partial charge in [-0.3, -0.25) is 0 Å². The molecular weight excluding hydrogens is 621 g/mol. The molecule has 0 amide bonds. The summed E-state index contributed by atoms with van der Waals surface area (Å²) in [5, 5.41) is -2.44. The predicted molar refractivity (Wildman–Crippen MR) is 102 cm³/mol. The maximum Gasteiger partial charge on any atom is 1.00 e. The molecule has 0 spiro atoms. The zero-order valence-corrected chi connectivity index (χ0v) is 40.0. The molecule has 2 unspecified atom stereocenters. The summed E-state index contributed by atoms with van der Waals surface area (Å²) in [6.45, 7) is 7.70. The quantitative estimate of drug-likeness (QED) is 0.114. The first-order chi connectivity index (χ1) is 12.5. The molecule has 0 saturated carbocycles. The van der Waals surface area contributed by atoms with Gasteiger partial charge in [-0.2, -0.15) is 0 Å². The van der Waals surface area contributed by atoms with Gasteiger partial charge >= 0.3 is 257 Å². The van der Waals surface area contributed by atoms with Crippen LogP contribution >= 0.6 is 22.6 Å². The van der Waals surface area contributed by atoms with Crippen LogP contribution in [0.4, 0.5) is 0 Å². The van der Waals surface area contributed by atoms with Crippen LogP contribution in [0, 0.1) is 0 Å². The van der Waals surface area contributed by atoms with Crippen molar-refractivity contribution in [2.45, 2.75) is 65.2 Å². The zero-order valence-electron chi connectivity index (χ0n) is 21.7. The molecule has 16 heteroatoms. The van der Waals surface area contributed by atoms with Crippen LogP contribution in [0.3, 0.4) is 0 Å². The largest absolute Gasteiger partial charge is 1.00 e. The first-order valence-corrected chi connectivity index (χ1v) is 14.0. The maximum atomic E-state index is 11.9. The first-order valence-electron chi connectivity index (χ1n) is 8.82. The third-order valence-electron chi connectivity index (χ3n) is 3.99. The summed E-state index contributed by atoms with van der Waals surface area (Å²) in [6.07, 6.45) is 7.83. The third-order valence-corrected chi connectivity index (χ3v) is 10.9. The summed E-state index contributed by atoms with van der Waals surface area (Å²) in [7, 11) is -16.4. The Labute approximate surface area is 411 Å². The van der Waals surface area contributed by atoms with E-state index in [4.69, 9.17) is 0 Å². The van der Waals surface area contributed by atoms with Gasteiger partial charge in [0.25, 0.3) is 0 Å². The van der Waals surface area contributed by atoms with Gasteiger partial charge in [0.05, 0.1) is 0 Å². The number of rotatable bonds is 12. The number of hydrogen-bond donors (Lipinski definition) is 0. The van der Waals surface area contributed by atoms with E-state index in [2.05, 4.69) is 6.08 Å². The van der Waals surface area contributed by atoms with Crippen molar-refractivity contribution < 1.29 is 295 Å². The van der Waals surface area contributed by atoms with Gasteiger partial charge in [0, 0.05) is 18.7 Å². The summed E-state index contributed by atoms with van der Waals surface area (Å²) in [5.74, 6) is -1.86. The van der Waals surface area contributed by atoms with Gasteiger partial charge in [0.15, 0.2) is 0 Å². The Bertz CT molecular complexity index is 758. The predicted octanol–water partition coefficient (Wildman–Crippen LogP) is -13.4. The Morgan fingerprint density at radius 2 is 1.09 bits per heavy atom. The molecule has 0 saturated heterocycles. The molecule has 0 aliphatic rings. The van der Waals surface area contributed by atoms with Gasteiger partial charge in [0.2, 0.25) is 0 Å². The molecule has 0 N–H and O–H groups in total. The van der Waals surface area contributed by atoms with Crippen LogP contribution < -0.4 is 281 Å². The second kappa shape index (κ2) is 27.4. The minimum absolute atomic E-state index is 0. The summed E-state index contributed by atoms with van der Waals surface area (Å²) in [6, 6.07) is 0. The molecule has 0 bridgehead atoms. The summed E-state index contributed by atoms with van der Waals surface area (Å²) >= 11 is 0. The van der Waals surface area contributed by atoms with E-state index in [0.29, 0.717) is 18.4 Å². The van der Waals surface area contributed by atoms with Crippen LogP contribution in [0.5, 0.6) is 0 Å². The fourth-order valence-corrected chi connectivity index (χ4v) is 8.34. The van der Waals surface area contributed by atoms with Crippen LogP contribution in [0.15, 0.2) is 34.9 Å². The number of allylic oxidation sites excluding steroid dienone is 6. The fraction of sp³-hybridized carbons (Fsp3) is 0.647. The van der Waals surface area contributed by atoms with E-state index < -0.39 is 40.3 Å². The summed E-state index contributed by atoms with van der Waals surface area (Å²) < 4.78 is 33.9. The molecular formula is C17H28K5O8P3. The van der Waals surface area contributed by atoms with Crippen LogP contribution in [0.25, 0.3) is 0 Å². The van der Waals surface area contributed by atoms with Crippen molar-refractivity contribution in [2.75, 3.05) is 5.90 Å². The van der Waals surface area contributed by atoms with Gasteiger partial charge in [-0.15, -0.1) is 0 Å². The average molecular weight is 649 g/mol. The molecule has 0 aromatic rings. The third kappa shape index (κ3) is 31.1. The Balaban J connectivity index is -0.000000364. The second-order valence-electron chi connectivity index (χ2n) is 7.19. The van der Waals surface area contributed by atoms with Crippen LogP contribution in [-0.4, -0.2) is 11.3 Å². The zero-order chi connectivity index (χ0) is 22.2. The molecule has 0 aliphatic heterocycles. The Hall–Kier alpha value is 7.89. The molecule has 8 nitrogen and oxygen atoms in total. The van der Waals surface area contributed by atoms with Crippen LogP contribution in [0.2, 0.25) is 0 Å². The minimum atomic E-state index is -5.64. The Morgan fingerprint density at radius 1 is 0.697 bits per heavy atom. The maximum absolute atomic E-state index is 11.9. The molecule has 0 heterocycles. The fourth-order valence-electron chi connectivity index (χ4n) is 2.49. The standard InChI is InChI=1S/C17H33O8P3.5K/c1-14(2)7-5-8-15(3)9-6-10-16(4)11-12-17(28(23,24)25)26(18,19)13-27(20,21)22;;;;;/h7,9,11,17H,5-6,8,10,12-13H2,1-4H3,(H,18,19)(H2,20,21,22)(H2,23,24,25);;;;;/q;5*+1/p-5/b15-9+,16-11+;;;;;. The van der Waals surface area contributed by atoms with E-state index in [9.17, 15) is 38.2 Å². The molecule has 33 heavy (non-hydrogen) atoms. The molecule has 0 aliphatic carbocycles. The van der Waals surface area contributed by atoms with Gasteiger partial charge in [-0.05, 0) is 59.8 Å². The minimum Gasteiger partial charge on any atom is -0.810 e. The van der Waals surface area contributed by atoms with Crippen LogP contribution in [0.1, 0.15) is 59.8 Å². The van der Waals surface area contributed by atoms with Crippen molar-refractivity contribution >= 4 is 22.6 Å². The van der Waals surface area contributed by atoms with Crippen LogP contribution in [-0.2, 0) is 13.7 Å². The van der Waals surface area contributed by atoms with E-state index in [1.54, 1.807) is 6.92 Å². The van der Waals surface area contributed by atoms with E-state index in [0.717, 1.165) is 12.8 Å². The smallest absolute Gasteiger partial charge is 0.810 e. The van der Waals surface area contributed by atoms with E-state index in [-0.39, 0.29) is 257 Å². The van der Waals surface area contributed by atoms with Crippen molar-refractivity contribution in [1.82, 2.24) is 0 Å². The second-order valence-corrected chi connectivity index (χ2v) is 13.7. The monoisotopic (exact) mass is 648 g/mol. The Kier molecular flexibility index (Phi) is 44.4.